The first kappa shape index (κ1) is 11.3. The number of hydrogen-bond donors (Lipinski definition) is 1. The van der Waals surface area contributed by atoms with Crippen molar-refractivity contribution in [3.05, 3.63) is 66.2 Å². The van der Waals surface area contributed by atoms with Crippen molar-refractivity contribution in [2.24, 2.45) is 0 Å². The van der Waals surface area contributed by atoms with Gasteiger partial charge in [0.1, 0.15) is 5.69 Å². The van der Waals surface area contributed by atoms with Crippen LogP contribution in [0.1, 0.15) is 16.1 Å². The first-order chi connectivity index (χ1) is 9.27. The van der Waals surface area contributed by atoms with Gasteiger partial charge in [0, 0.05) is 29.5 Å². The molecular formula is C15H11N3O. The molecule has 0 spiro atoms. The van der Waals surface area contributed by atoms with E-state index in [0.717, 1.165) is 10.8 Å². The summed E-state index contributed by atoms with van der Waals surface area (Å²) in [6, 6.07) is 10.8. The molecule has 4 heteroatoms. The van der Waals surface area contributed by atoms with E-state index < -0.39 is 0 Å². The summed E-state index contributed by atoms with van der Waals surface area (Å²) in [5, 5.41) is 1.77. The molecule has 0 aliphatic rings. The molecule has 0 bridgehead atoms. The number of carbonyl (C=O) groups is 1. The van der Waals surface area contributed by atoms with Crippen molar-refractivity contribution < 1.29 is 4.79 Å². The molecule has 0 aliphatic heterocycles. The van der Waals surface area contributed by atoms with Crippen LogP contribution in [-0.2, 0) is 0 Å². The molecule has 4 nitrogen and oxygen atoms in total. The Hall–Kier alpha value is -2.75. The normalized spacial score (nSPS) is 10.5. The summed E-state index contributed by atoms with van der Waals surface area (Å²) in [6.45, 7) is 0. The van der Waals surface area contributed by atoms with Crippen LogP contribution in [0.15, 0.2) is 55.0 Å². The number of nitrogens with two attached hydrogens (primary N) is 1. The fourth-order valence-electron chi connectivity index (χ4n) is 2.05. The average Bonchev–Trinajstić information content (AvgIpc) is 2.46. The Labute approximate surface area is 109 Å². The van der Waals surface area contributed by atoms with Gasteiger partial charge in [-0.2, -0.15) is 0 Å². The lowest BCUT2D eigenvalue weighted by molar-refractivity contribution is 0.103. The predicted molar refractivity (Wildman–Crippen MR) is 73.8 cm³/mol. The summed E-state index contributed by atoms with van der Waals surface area (Å²) in [7, 11) is 0. The maximum atomic E-state index is 12.5. The molecule has 3 aromatic rings. The maximum absolute atomic E-state index is 12.5. The molecule has 19 heavy (non-hydrogen) atoms. The number of ketones is 1. The van der Waals surface area contributed by atoms with Crippen LogP contribution in [0.3, 0.4) is 0 Å². The summed E-state index contributed by atoms with van der Waals surface area (Å²) < 4.78 is 0. The number of fused-ring (bicyclic) bond motifs is 1. The molecule has 0 radical (unpaired) electrons. The molecular weight excluding hydrogens is 238 g/mol. The quantitative estimate of drug-likeness (QED) is 0.708. The lowest BCUT2D eigenvalue weighted by atomic mass is 10.0. The van der Waals surface area contributed by atoms with E-state index in [-0.39, 0.29) is 11.5 Å². The van der Waals surface area contributed by atoms with E-state index >= 15 is 0 Å². The minimum atomic E-state index is -0.184. The molecule has 0 atom stereocenters. The molecule has 0 aliphatic carbocycles. The Bertz CT molecular complexity index is 763. The first-order valence-corrected chi connectivity index (χ1v) is 5.85. The fraction of sp³-hybridized carbons (Fsp3) is 0. The van der Waals surface area contributed by atoms with Gasteiger partial charge in [0.2, 0.25) is 5.78 Å². The number of pyridine rings is 2. The largest absolute Gasteiger partial charge is 0.397 e. The van der Waals surface area contributed by atoms with Gasteiger partial charge in [-0.05, 0) is 23.6 Å². The summed E-state index contributed by atoms with van der Waals surface area (Å²) in [5.74, 6) is -0.184. The lowest BCUT2D eigenvalue weighted by Crippen LogP contribution is -2.08. The van der Waals surface area contributed by atoms with Crippen molar-refractivity contribution >= 4 is 22.2 Å². The average molecular weight is 249 g/mol. The molecule has 92 valence electrons. The zero-order chi connectivity index (χ0) is 13.2. The number of nitrogens with zero attached hydrogens (tertiary/aromatic N) is 2. The van der Waals surface area contributed by atoms with Crippen LogP contribution in [-0.4, -0.2) is 15.8 Å². The van der Waals surface area contributed by atoms with E-state index in [1.807, 2.05) is 18.2 Å². The van der Waals surface area contributed by atoms with Crippen molar-refractivity contribution in [3.63, 3.8) is 0 Å². The number of aromatic nitrogens is 2. The highest BCUT2D eigenvalue weighted by Crippen LogP contribution is 2.21. The first-order valence-electron chi connectivity index (χ1n) is 5.85. The smallest absolute Gasteiger partial charge is 0.214 e. The van der Waals surface area contributed by atoms with Crippen LogP contribution in [0.2, 0.25) is 0 Å². The van der Waals surface area contributed by atoms with Crippen molar-refractivity contribution in [2.45, 2.75) is 0 Å². The Morgan fingerprint density at radius 3 is 2.79 bits per heavy atom. The van der Waals surface area contributed by atoms with Gasteiger partial charge in [0.25, 0.3) is 0 Å². The van der Waals surface area contributed by atoms with Crippen molar-refractivity contribution in [1.29, 1.82) is 0 Å². The Morgan fingerprint density at radius 2 is 1.95 bits per heavy atom. The van der Waals surface area contributed by atoms with Gasteiger partial charge in [0.15, 0.2) is 0 Å². The van der Waals surface area contributed by atoms with Crippen molar-refractivity contribution in [3.8, 4) is 0 Å². The van der Waals surface area contributed by atoms with Gasteiger partial charge in [-0.1, -0.05) is 18.2 Å². The third-order valence-corrected chi connectivity index (χ3v) is 2.98. The predicted octanol–water partition coefficient (Wildman–Crippen LogP) is 2.44. The van der Waals surface area contributed by atoms with Gasteiger partial charge < -0.3 is 5.73 Å². The zero-order valence-electron chi connectivity index (χ0n) is 10.1. The summed E-state index contributed by atoms with van der Waals surface area (Å²) in [6.07, 6.45) is 4.94. The second-order valence-electron chi connectivity index (χ2n) is 4.17. The Kier molecular flexibility index (Phi) is 2.68. The molecule has 2 aromatic heterocycles. The van der Waals surface area contributed by atoms with Crippen LogP contribution in [0.5, 0.6) is 0 Å². The van der Waals surface area contributed by atoms with Crippen LogP contribution in [0.25, 0.3) is 10.8 Å². The van der Waals surface area contributed by atoms with Crippen LogP contribution < -0.4 is 5.73 Å². The minimum Gasteiger partial charge on any atom is -0.397 e. The highest BCUT2D eigenvalue weighted by atomic mass is 16.1. The molecule has 2 N–H and O–H groups in total. The molecule has 2 heterocycles. The number of carbonyl (C=O) groups excluding carboxylic acids is 1. The zero-order valence-corrected chi connectivity index (χ0v) is 10.1. The third-order valence-electron chi connectivity index (χ3n) is 2.98. The van der Waals surface area contributed by atoms with Crippen LogP contribution in [0.4, 0.5) is 5.69 Å². The van der Waals surface area contributed by atoms with Gasteiger partial charge in [-0.15, -0.1) is 0 Å². The highest BCUT2D eigenvalue weighted by molar-refractivity contribution is 6.17. The fourth-order valence-corrected chi connectivity index (χ4v) is 2.05. The molecule has 0 fully saturated rings. The van der Waals surface area contributed by atoms with E-state index in [2.05, 4.69) is 9.97 Å². The van der Waals surface area contributed by atoms with Crippen molar-refractivity contribution in [1.82, 2.24) is 9.97 Å². The SMILES string of the molecule is Nc1cccnc1C(=O)c1cccc2ccncc12. The summed E-state index contributed by atoms with van der Waals surface area (Å²) >= 11 is 0. The number of nitrogen functional groups attached to an aromatic ring is 1. The van der Waals surface area contributed by atoms with E-state index in [0.29, 0.717) is 11.3 Å². The van der Waals surface area contributed by atoms with Crippen LogP contribution in [0, 0.1) is 0 Å². The molecule has 0 unspecified atom stereocenters. The van der Waals surface area contributed by atoms with Gasteiger partial charge >= 0.3 is 0 Å². The van der Waals surface area contributed by atoms with Gasteiger partial charge in [0.05, 0.1) is 5.69 Å². The Balaban J connectivity index is 2.20. The number of anilines is 1. The molecule has 0 saturated carbocycles. The topological polar surface area (TPSA) is 68.9 Å². The minimum absolute atomic E-state index is 0.184. The second kappa shape index (κ2) is 4.49. The van der Waals surface area contributed by atoms with E-state index in [4.69, 9.17) is 5.73 Å². The highest BCUT2D eigenvalue weighted by Gasteiger charge is 2.15. The Morgan fingerprint density at radius 1 is 1.05 bits per heavy atom. The number of benzene rings is 1. The summed E-state index contributed by atoms with van der Waals surface area (Å²) in [5.41, 5.74) is 7.03. The molecule has 0 saturated heterocycles. The summed E-state index contributed by atoms with van der Waals surface area (Å²) in [4.78, 5) is 20.6. The standard InChI is InChI=1S/C15H11N3O/c16-13-5-2-7-18-14(13)15(19)11-4-1-3-10-6-8-17-9-12(10)11/h1-9H,16H2. The van der Waals surface area contributed by atoms with E-state index in [9.17, 15) is 4.79 Å². The monoisotopic (exact) mass is 249 g/mol. The van der Waals surface area contributed by atoms with Crippen LogP contribution >= 0.6 is 0 Å². The second-order valence-corrected chi connectivity index (χ2v) is 4.17. The molecule has 3 rings (SSSR count). The van der Waals surface area contributed by atoms with E-state index in [1.54, 1.807) is 36.8 Å². The number of rotatable bonds is 2. The maximum Gasteiger partial charge on any atom is 0.214 e. The van der Waals surface area contributed by atoms with Gasteiger partial charge in [-0.3, -0.25) is 14.8 Å². The van der Waals surface area contributed by atoms with Gasteiger partial charge in [-0.25, -0.2) is 0 Å². The van der Waals surface area contributed by atoms with E-state index in [1.165, 1.54) is 0 Å². The molecule has 1 aromatic carbocycles. The van der Waals surface area contributed by atoms with Crippen molar-refractivity contribution in [2.75, 3.05) is 5.73 Å². The number of hydrogen-bond acceptors (Lipinski definition) is 4. The lowest BCUT2D eigenvalue weighted by Gasteiger charge is -2.06. The molecule has 0 amide bonds. The third kappa shape index (κ3) is 1.93.